The molecule has 1 aliphatic carbocycles. The molecule has 1 saturated carbocycles. The van der Waals surface area contributed by atoms with Crippen molar-refractivity contribution in [1.82, 2.24) is 9.21 Å². The van der Waals surface area contributed by atoms with Crippen LogP contribution in [0.2, 0.25) is 5.02 Å². The molecule has 10 heteroatoms. The van der Waals surface area contributed by atoms with Gasteiger partial charge in [-0.05, 0) is 25.8 Å². The van der Waals surface area contributed by atoms with Gasteiger partial charge < -0.3 is 15.0 Å². The summed E-state index contributed by atoms with van der Waals surface area (Å²) in [6.07, 6.45) is 2.22. The number of hydrogen-bond donors (Lipinski definition) is 1. The number of benzene rings is 1. The average Bonchev–Trinajstić information content (AvgIpc) is 2.61. The molecule has 0 radical (unpaired) electrons. The van der Waals surface area contributed by atoms with E-state index in [1.54, 1.807) is 11.8 Å². The van der Waals surface area contributed by atoms with Crippen molar-refractivity contribution in [3.8, 4) is 5.75 Å². The third kappa shape index (κ3) is 3.35. The Morgan fingerprint density at radius 1 is 1.21 bits per heavy atom. The van der Waals surface area contributed by atoms with Crippen LogP contribution in [0.25, 0.3) is 0 Å². The van der Waals surface area contributed by atoms with Gasteiger partial charge in [-0.2, -0.15) is 4.31 Å². The van der Waals surface area contributed by atoms with Gasteiger partial charge >= 0.3 is 0 Å². The van der Waals surface area contributed by atoms with Crippen molar-refractivity contribution in [1.29, 1.82) is 0 Å². The second kappa shape index (κ2) is 7.20. The van der Waals surface area contributed by atoms with E-state index in [4.69, 9.17) is 16.3 Å². The minimum atomic E-state index is -3.85. The number of carbonyl (C=O) groups excluding carboxylic acids is 2. The molecule has 1 aromatic carbocycles. The maximum atomic E-state index is 13.1. The number of halogens is 1. The molecule has 0 spiro atoms. The molecule has 2 fully saturated rings. The minimum Gasteiger partial charge on any atom is -0.479 e. The fraction of sp³-hybridized carbons (Fsp3) is 0.556. The number of anilines is 1. The van der Waals surface area contributed by atoms with Gasteiger partial charge in [-0.15, -0.1) is 0 Å². The van der Waals surface area contributed by atoms with Crippen LogP contribution in [0.15, 0.2) is 17.0 Å². The van der Waals surface area contributed by atoms with Crippen LogP contribution in [-0.2, 0) is 19.6 Å². The summed E-state index contributed by atoms with van der Waals surface area (Å²) >= 11 is 6.22. The zero-order valence-corrected chi connectivity index (χ0v) is 17.1. The second-order valence-electron chi connectivity index (χ2n) is 7.39. The first-order valence-electron chi connectivity index (χ1n) is 9.37. The first-order valence-corrected chi connectivity index (χ1v) is 11.2. The Labute approximate surface area is 168 Å². The Hall–Kier alpha value is -1.84. The Bertz CT molecular complexity index is 923. The van der Waals surface area contributed by atoms with Gasteiger partial charge in [0.25, 0.3) is 5.91 Å². The molecule has 0 aromatic heterocycles. The molecular formula is C18H22ClN3O5S. The van der Waals surface area contributed by atoms with Crippen molar-refractivity contribution < 1.29 is 22.7 Å². The monoisotopic (exact) mass is 427 g/mol. The first-order chi connectivity index (χ1) is 13.3. The van der Waals surface area contributed by atoms with E-state index in [1.165, 1.54) is 16.4 Å². The van der Waals surface area contributed by atoms with Crippen LogP contribution in [0.1, 0.15) is 26.2 Å². The molecule has 1 saturated heterocycles. The van der Waals surface area contributed by atoms with Gasteiger partial charge in [0.15, 0.2) is 6.10 Å². The summed E-state index contributed by atoms with van der Waals surface area (Å²) in [6.45, 7) is 2.78. The lowest BCUT2D eigenvalue weighted by Gasteiger charge is -2.37. The predicted molar refractivity (Wildman–Crippen MR) is 103 cm³/mol. The molecule has 3 aliphatic rings. The second-order valence-corrected chi connectivity index (χ2v) is 9.70. The van der Waals surface area contributed by atoms with Gasteiger partial charge in [-0.3, -0.25) is 9.59 Å². The third-order valence-corrected chi connectivity index (χ3v) is 7.95. The largest absolute Gasteiger partial charge is 0.479 e. The molecule has 4 rings (SSSR count). The normalized spacial score (nSPS) is 23.4. The first kappa shape index (κ1) is 19.5. The van der Waals surface area contributed by atoms with Gasteiger partial charge in [0, 0.05) is 38.2 Å². The smallest absolute Gasteiger partial charge is 0.265 e. The summed E-state index contributed by atoms with van der Waals surface area (Å²) < 4.78 is 33.1. The van der Waals surface area contributed by atoms with Crippen LogP contribution < -0.4 is 10.1 Å². The van der Waals surface area contributed by atoms with E-state index in [0.717, 1.165) is 19.3 Å². The van der Waals surface area contributed by atoms with Crippen molar-refractivity contribution in [3.63, 3.8) is 0 Å². The van der Waals surface area contributed by atoms with E-state index in [0.29, 0.717) is 18.8 Å². The van der Waals surface area contributed by atoms with Crippen LogP contribution in [0.5, 0.6) is 5.75 Å². The maximum Gasteiger partial charge on any atom is 0.265 e. The molecule has 152 valence electrons. The molecule has 1 N–H and O–H groups in total. The van der Waals surface area contributed by atoms with Gasteiger partial charge in [0.1, 0.15) is 10.6 Å². The number of fused-ring (bicyclic) bond motifs is 1. The average molecular weight is 428 g/mol. The van der Waals surface area contributed by atoms with Crippen molar-refractivity contribution >= 4 is 39.1 Å². The Balaban J connectivity index is 1.52. The van der Waals surface area contributed by atoms with Crippen LogP contribution in [0.4, 0.5) is 5.69 Å². The van der Waals surface area contributed by atoms with Crippen molar-refractivity contribution in [2.75, 3.05) is 31.5 Å². The SMILES string of the molecule is CC1Oc2cc(S(=O)(=O)N3CCN(C(=O)C4CCC4)CC3)c(Cl)cc2NC1=O. The molecule has 28 heavy (non-hydrogen) atoms. The number of sulfonamides is 1. The fourth-order valence-electron chi connectivity index (χ4n) is 3.61. The number of ether oxygens (including phenoxy) is 1. The molecule has 1 atom stereocenters. The summed E-state index contributed by atoms with van der Waals surface area (Å²) in [6, 6.07) is 2.75. The number of nitrogens with one attached hydrogen (secondary N) is 1. The number of hydrogen-bond acceptors (Lipinski definition) is 5. The molecular weight excluding hydrogens is 406 g/mol. The van der Waals surface area contributed by atoms with Gasteiger partial charge in [-0.25, -0.2) is 8.42 Å². The Morgan fingerprint density at radius 2 is 1.89 bits per heavy atom. The number of piperazine rings is 1. The molecule has 2 heterocycles. The number of amides is 2. The molecule has 1 unspecified atom stereocenters. The molecule has 2 amide bonds. The van der Waals surface area contributed by atoms with Crippen LogP contribution in [0, 0.1) is 5.92 Å². The lowest BCUT2D eigenvalue weighted by atomic mass is 9.84. The van der Waals surface area contributed by atoms with Crippen LogP contribution in [-0.4, -0.2) is 61.7 Å². The fourth-order valence-corrected chi connectivity index (χ4v) is 5.55. The Kier molecular flexibility index (Phi) is 5.01. The topological polar surface area (TPSA) is 96.0 Å². The molecule has 1 aromatic rings. The van der Waals surface area contributed by atoms with Crippen LogP contribution >= 0.6 is 11.6 Å². The number of nitrogens with zero attached hydrogens (tertiary/aromatic N) is 2. The van der Waals surface area contributed by atoms with E-state index in [2.05, 4.69) is 5.32 Å². The molecule has 0 bridgehead atoms. The highest BCUT2D eigenvalue weighted by molar-refractivity contribution is 7.89. The van der Waals surface area contributed by atoms with Gasteiger partial charge in [0.05, 0.1) is 10.7 Å². The summed E-state index contributed by atoms with van der Waals surface area (Å²) in [5, 5.41) is 2.67. The molecule has 2 aliphatic heterocycles. The van der Waals surface area contributed by atoms with Crippen molar-refractivity contribution in [2.24, 2.45) is 5.92 Å². The van der Waals surface area contributed by atoms with Gasteiger partial charge in [-0.1, -0.05) is 18.0 Å². The lowest BCUT2D eigenvalue weighted by Crippen LogP contribution is -2.52. The standard InChI is InChI=1S/C18H22ClN3O5S/c1-11-17(23)20-14-9-13(19)16(10-15(14)27-11)28(25,26)22-7-5-21(6-8-22)18(24)12-3-2-4-12/h9-12H,2-8H2,1H3,(H,20,23). The van der Waals surface area contributed by atoms with E-state index in [1.807, 2.05) is 0 Å². The summed E-state index contributed by atoms with van der Waals surface area (Å²) in [4.78, 5) is 25.8. The summed E-state index contributed by atoms with van der Waals surface area (Å²) in [5.41, 5.74) is 0.350. The predicted octanol–water partition coefficient (Wildman–Crippen LogP) is 1.69. The highest BCUT2D eigenvalue weighted by Crippen LogP contribution is 2.38. The van der Waals surface area contributed by atoms with E-state index in [-0.39, 0.29) is 46.5 Å². The summed E-state index contributed by atoms with van der Waals surface area (Å²) in [5.74, 6) is 0.195. The quantitative estimate of drug-likeness (QED) is 0.791. The Morgan fingerprint density at radius 3 is 2.50 bits per heavy atom. The van der Waals surface area contributed by atoms with E-state index >= 15 is 0 Å². The van der Waals surface area contributed by atoms with E-state index < -0.39 is 16.1 Å². The van der Waals surface area contributed by atoms with Crippen molar-refractivity contribution in [3.05, 3.63) is 17.2 Å². The highest BCUT2D eigenvalue weighted by Gasteiger charge is 2.36. The third-order valence-electron chi connectivity index (χ3n) is 5.59. The van der Waals surface area contributed by atoms with Crippen LogP contribution in [0.3, 0.4) is 0 Å². The number of carbonyl (C=O) groups is 2. The van der Waals surface area contributed by atoms with Crippen molar-refractivity contribution in [2.45, 2.75) is 37.2 Å². The zero-order valence-electron chi connectivity index (χ0n) is 15.5. The molecule has 8 nitrogen and oxygen atoms in total. The summed E-state index contributed by atoms with van der Waals surface area (Å²) in [7, 11) is -3.85. The zero-order chi connectivity index (χ0) is 20.1. The van der Waals surface area contributed by atoms with E-state index in [9.17, 15) is 18.0 Å². The van der Waals surface area contributed by atoms with Gasteiger partial charge in [0.2, 0.25) is 15.9 Å². The maximum absolute atomic E-state index is 13.1. The number of rotatable bonds is 3. The highest BCUT2D eigenvalue weighted by atomic mass is 35.5. The lowest BCUT2D eigenvalue weighted by molar-refractivity contribution is -0.139. The minimum absolute atomic E-state index is 0.0187.